The standard InChI is InChI=1S/C14H13BrN2O2/c15-11-6-12(16)8-13(7-11)17-14(18)19-9-10-4-2-1-3-5-10/h1-8H,9,16H2,(H,17,18). The Bertz CT molecular complexity index is 553. The second-order valence-corrected chi connectivity index (χ2v) is 4.88. The topological polar surface area (TPSA) is 64.3 Å². The van der Waals surface area contributed by atoms with Gasteiger partial charge in [-0.15, -0.1) is 0 Å². The third-order valence-electron chi connectivity index (χ3n) is 2.38. The molecule has 0 saturated carbocycles. The fraction of sp³-hybridized carbons (Fsp3) is 0.0714. The summed E-state index contributed by atoms with van der Waals surface area (Å²) in [6, 6.07) is 14.6. The summed E-state index contributed by atoms with van der Waals surface area (Å²) in [5.41, 5.74) is 7.77. The average Bonchev–Trinajstić information content (AvgIpc) is 2.36. The van der Waals surface area contributed by atoms with Crippen molar-refractivity contribution in [1.82, 2.24) is 0 Å². The number of amides is 1. The molecular formula is C14H13BrN2O2. The smallest absolute Gasteiger partial charge is 0.411 e. The molecule has 0 saturated heterocycles. The monoisotopic (exact) mass is 320 g/mol. The van der Waals surface area contributed by atoms with Crippen molar-refractivity contribution in [1.29, 1.82) is 0 Å². The van der Waals surface area contributed by atoms with Gasteiger partial charge in [0.25, 0.3) is 0 Å². The van der Waals surface area contributed by atoms with E-state index in [1.165, 1.54) is 0 Å². The summed E-state index contributed by atoms with van der Waals surface area (Å²) in [6.45, 7) is 0.232. The van der Waals surface area contributed by atoms with E-state index in [1.54, 1.807) is 18.2 Å². The van der Waals surface area contributed by atoms with Crippen LogP contribution in [-0.2, 0) is 11.3 Å². The number of carbonyl (C=O) groups is 1. The van der Waals surface area contributed by atoms with Crippen LogP contribution in [0.5, 0.6) is 0 Å². The summed E-state index contributed by atoms with van der Waals surface area (Å²) in [4.78, 5) is 11.6. The summed E-state index contributed by atoms with van der Waals surface area (Å²) in [5, 5.41) is 2.62. The lowest BCUT2D eigenvalue weighted by Crippen LogP contribution is -2.13. The molecule has 19 heavy (non-hydrogen) atoms. The molecule has 0 radical (unpaired) electrons. The van der Waals surface area contributed by atoms with Gasteiger partial charge in [0.05, 0.1) is 0 Å². The highest BCUT2D eigenvalue weighted by atomic mass is 79.9. The van der Waals surface area contributed by atoms with Crippen molar-refractivity contribution >= 4 is 33.4 Å². The van der Waals surface area contributed by atoms with E-state index in [9.17, 15) is 4.79 Å². The largest absolute Gasteiger partial charge is 0.444 e. The molecule has 0 aliphatic heterocycles. The van der Waals surface area contributed by atoms with Crippen LogP contribution in [0.4, 0.5) is 16.2 Å². The van der Waals surface area contributed by atoms with Crippen molar-refractivity contribution in [3.8, 4) is 0 Å². The molecular weight excluding hydrogens is 308 g/mol. The molecule has 98 valence electrons. The zero-order valence-electron chi connectivity index (χ0n) is 10.1. The van der Waals surface area contributed by atoms with Gasteiger partial charge >= 0.3 is 6.09 Å². The molecule has 1 amide bonds. The Kier molecular flexibility index (Phi) is 4.41. The van der Waals surface area contributed by atoms with Crippen molar-refractivity contribution in [3.05, 3.63) is 58.6 Å². The number of hydrogen-bond donors (Lipinski definition) is 2. The molecule has 3 N–H and O–H groups in total. The highest BCUT2D eigenvalue weighted by Crippen LogP contribution is 2.21. The average molecular weight is 321 g/mol. The number of halogens is 1. The number of carbonyl (C=O) groups excluding carboxylic acids is 1. The van der Waals surface area contributed by atoms with Gasteiger partial charge in [-0.1, -0.05) is 46.3 Å². The molecule has 0 atom stereocenters. The Morgan fingerprint density at radius 2 is 1.95 bits per heavy atom. The summed E-state index contributed by atoms with van der Waals surface area (Å²) in [7, 11) is 0. The third kappa shape index (κ3) is 4.30. The predicted molar refractivity (Wildman–Crippen MR) is 78.8 cm³/mol. The number of hydrogen-bond acceptors (Lipinski definition) is 3. The van der Waals surface area contributed by atoms with E-state index in [1.807, 2.05) is 30.3 Å². The highest BCUT2D eigenvalue weighted by Gasteiger charge is 2.05. The lowest BCUT2D eigenvalue weighted by molar-refractivity contribution is 0.155. The van der Waals surface area contributed by atoms with E-state index in [0.29, 0.717) is 11.4 Å². The molecule has 0 spiro atoms. The Balaban J connectivity index is 1.91. The van der Waals surface area contributed by atoms with Crippen molar-refractivity contribution in [2.24, 2.45) is 0 Å². The number of nitrogen functional groups attached to an aromatic ring is 1. The summed E-state index contributed by atoms with van der Waals surface area (Å²) >= 11 is 3.31. The minimum atomic E-state index is -0.513. The van der Waals surface area contributed by atoms with Crippen molar-refractivity contribution in [2.45, 2.75) is 6.61 Å². The molecule has 0 fully saturated rings. The molecule has 4 nitrogen and oxygen atoms in total. The number of nitrogens with one attached hydrogen (secondary N) is 1. The first kappa shape index (κ1) is 13.4. The SMILES string of the molecule is Nc1cc(Br)cc(NC(=O)OCc2ccccc2)c1. The van der Waals surface area contributed by atoms with Gasteiger partial charge in [-0.2, -0.15) is 0 Å². The van der Waals surface area contributed by atoms with Crippen LogP contribution in [0.25, 0.3) is 0 Å². The van der Waals surface area contributed by atoms with Crippen LogP contribution in [-0.4, -0.2) is 6.09 Å². The van der Waals surface area contributed by atoms with Crippen LogP contribution in [0.3, 0.4) is 0 Å². The van der Waals surface area contributed by atoms with Crippen LogP contribution >= 0.6 is 15.9 Å². The molecule has 2 aromatic carbocycles. The lowest BCUT2D eigenvalue weighted by atomic mass is 10.2. The number of benzene rings is 2. The minimum absolute atomic E-state index is 0.232. The molecule has 5 heteroatoms. The van der Waals surface area contributed by atoms with E-state index in [2.05, 4.69) is 21.2 Å². The van der Waals surface area contributed by atoms with E-state index in [0.717, 1.165) is 10.0 Å². The van der Waals surface area contributed by atoms with Gasteiger partial charge in [0, 0.05) is 15.8 Å². The predicted octanol–water partition coefficient (Wildman–Crippen LogP) is 3.78. The molecule has 0 heterocycles. The van der Waals surface area contributed by atoms with Crippen LogP contribution in [0, 0.1) is 0 Å². The quantitative estimate of drug-likeness (QED) is 0.846. The van der Waals surface area contributed by atoms with Crippen molar-refractivity contribution in [3.63, 3.8) is 0 Å². The molecule has 0 aliphatic rings. The van der Waals surface area contributed by atoms with Crippen LogP contribution in [0.15, 0.2) is 53.0 Å². The van der Waals surface area contributed by atoms with Crippen LogP contribution in [0.2, 0.25) is 0 Å². The maximum absolute atomic E-state index is 11.6. The van der Waals surface area contributed by atoms with E-state index in [4.69, 9.17) is 10.5 Å². The van der Waals surface area contributed by atoms with Crippen LogP contribution < -0.4 is 11.1 Å². The number of nitrogens with two attached hydrogens (primary N) is 1. The third-order valence-corrected chi connectivity index (χ3v) is 2.84. The Hall–Kier alpha value is -2.01. The second kappa shape index (κ2) is 6.24. The van der Waals surface area contributed by atoms with Gasteiger partial charge in [0.15, 0.2) is 0 Å². The van der Waals surface area contributed by atoms with Crippen molar-refractivity contribution in [2.75, 3.05) is 11.1 Å². The summed E-state index contributed by atoms with van der Waals surface area (Å²) < 4.78 is 5.90. The zero-order valence-corrected chi connectivity index (χ0v) is 11.7. The Morgan fingerprint density at radius 3 is 2.63 bits per heavy atom. The molecule has 0 aliphatic carbocycles. The number of ether oxygens (including phenoxy) is 1. The fourth-order valence-electron chi connectivity index (χ4n) is 1.56. The molecule has 0 bridgehead atoms. The lowest BCUT2D eigenvalue weighted by Gasteiger charge is -2.08. The second-order valence-electron chi connectivity index (χ2n) is 3.96. The molecule has 0 aromatic heterocycles. The molecule has 2 rings (SSSR count). The zero-order chi connectivity index (χ0) is 13.7. The first-order valence-corrected chi connectivity index (χ1v) is 6.46. The first-order chi connectivity index (χ1) is 9.13. The number of anilines is 2. The van der Waals surface area contributed by atoms with E-state index < -0.39 is 6.09 Å². The molecule has 2 aromatic rings. The van der Waals surface area contributed by atoms with Gasteiger partial charge in [-0.3, -0.25) is 5.32 Å². The van der Waals surface area contributed by atoms with E-state index in [-0.39, 0.29) is 6.61 Å². The van der Waals surface area contributed by atoms with Gasteiger partial charge in [-0.25, -0.2) is 4.79 Å². The summed E-state index contributed by atoms with van der Waals surface area (Å²) in [5.74, 6) is 0. The Labute approximate surface area is 119 Å². The fourth-order valence-corrected chi connectivity index (χ4v) is 2.07. The maximum atomic E-state index is 11.6. The summed E-state index contributed by atoms with van der Waals surface area (Å²) in [6.07, 6.45) is -0.513. The van der Waals surface area contributed by atoms with Gasteiger partial charge < -0.3 is 10.5 Å². The normalized spacial score (nSPS) is 9.95. The molecule has 0 unspecified atom stereocenters. The van der Waals surface area contributed by atoms with Crippen molar-refractivity contribution < 1.29 is 9.53 Å². The van der Waals surface area contributed by atoms with Gasteiger partial charge in [0.2, 0.25) is 0 Å². The first-order valence-electron chi connectivity index (χ1n) is 5.67. The number of rotatable bonds is 3. The maximum Gasteiger partial charge on any atom is 0.411 e. The van der Waals surface area contributed by atoms with Gasteiger partial charge in [-0.05, 0) is 23.8 Å². The minimum Gasteiger partial charge on any atom is -0.444 e. The van der Waals surface area contributed by atoms with E-state index >= 15 is 0 Å². The Morgan fingerprint density at radius 1 is 1.21 bits per heavy atom. The highest BCUT2D eigenvalue weighted by molar-refractivity contribution is 9.10. The van der Waals surface area contributed by atoms with Gasteiger partial charge in [0.1, 0.15) is 6.61 Å². The van der Waals surface area contributed by atoms with Crippen LogP contribution in [0.1, 0.15) is 5.56 Å².